The summed E-state index contributed by atoms with van der Waals surface area (Å²) in [5, 5.41) is 0. The fourth-order valence-electron chi connectivity index (χ4n) is 2.10. The number of benzene rings is 2. The molecule has 0 fully saturated rings. The standard InChI is InChI=1S/C17H18F3NO3S/c1-21(2)11-12-10-15(24-25-3)8-9-16(12)22-13-4-6-14(7-5-13)23-17(18,19)20/h4-10H,11H2,1-3H3. The fourth-order valence-corrected chi connectivity index (χ4v) is 2.40. The molecule has 136 valence electrons. The number of hydrogen-bond donors (Lipinski definition) is 0. The minimum Gasteiger partial charge on any atom is -0.457 e. The average molecular weight is 373 g/mol. The highest BCUT2D eigenvalue weighted by atomic mass is 32.2. The van der Waals surface area contributed by atoms with Gasteiger partial charge in [-0.2, -0.15) is 0 Å². The van der Waals surface area contributed by atoms with Crippen LogP contribution < -0.4 is 13.7 Å². The zero-order valence-corrected chi connectivity index (χ0v) is 14.8. The van der Waals surface area contributed by atoms with Crippen molar-refractivity contribution in [3.05, 3.63) is 48.0 Å². The van der Waals surface area contributed by atoms with Gasteiger partial charge in [0.15, 0.2) is 0 Å². The first-order valence-corrected chi connectivity index (χ1v) is 8.44. The summed E-state index contributed by atoms with van der Waals surface area (Å²) < 4.78 is 51.6. The van der Waals surface area contributed by atoms with Gasteiger partial charge in [-0.05, 0) is 56.6 Å². The molecule has 25 heavy (non-hydrogen) atoms. The highest BCUT2D eigenvalue weighted by Crippen LogP contribution is 2.32. The van der Waals surface area contributed by atoms with Crippen LogP contribution in [0, 0.1) is 0 Å². The van der Waals surface area contributed by atoms with Crippen LogP contribution in [0.25, 0.3) is 0 Å². The first-order chi connectivity index (χ1) is 11.8. The Labute approximate surface area is 148 Å². The molecule has 0 bridgehead atoms. The second-order valence-corrected chi connectivity index (χ2v) is 5.88. The zero-order chi connectivity index (χ0) is 18.4. The fraction of sp³-hybridized carbons (Fsp3) is 0.294. The number of alkyl halides is 3. The second kappa shape index (κ2) is 8.35. The maximum Gasteiger partial charge on any atom is 0.573 e. The second-order valence-electron chi connectivity index (χ2n) is 5.38. The van der Waals surface area contributed by atoms with Gasteiger partial charge in [0.1, 0.15) is 23.0 Å². The van der Waals surface area contributed by atoms with Gasteiger partial charge >= 0.3 is 6.36 Å². The molecule has 2 aromatic rings. The average Bonchev–Trinajstić information content (AvgIpc) is 2.50. The highest BCUT2D eigenvalue weighted by molar-refractivity contribution is 7.94. The quantitative estimate of drug-likeness (QED) is 0.631. The number of ether oxygens (including phenoxy) is 2. The van der Waals surface area contributed by atoms with Gasteiger partial charge in [0.2, 0.25) is 0 Å². The summed E-state index contributed by atoms with van der Waals surface area (Å²) in [7, 11) is 3.85. The van der Waals surface area contributed by atoms with Crippen LogP contribution >= 0.6 is 12.0 Å². The van der Waals surface area contributed by atoms with Crippen LogP contribution in [-0.4, -0.2) is 31.6 Å². The van der Waals surface area contributed by atoms with E-state index < -0.39 is 6.36 Å². The van der Waals surface area contributed by atoms with Gasteiger partial charge in [0.25, 0.3) is 0 Å². The topological polar surface area (TPSA) is 30.9 Å². The van der Waals surface area contributed by atoms with Crippen LogP contribution in [0.4, 0.5) is 13.2 Å². The van der Waals surface area contributed by atoms with Gasteiger partial charge in [-0.15, -0.1) is 13.2 Å². The Bertz CT molecular complexity index is 691. The molecule has 0 saturated heterocycles. The van der Waals surface area contributed by atoms with E-state index in [9.17, 15) is 13.2 Å². The molecular weight excluding hydrogens is 355 g/mol. The van der Waals surface area contributed by atoms with E-state index in [1.54, 1.807) is 12.1 Å². The summed E-state index contributed by atoms with van der Waals surface area (Å²) in [6.07, 6.45) is -2.89. The third kappa shape index (κ3) is 6.39. The monoisotopic (exact) mass is 373 g/mol. The Morgan fingerprint density at radius 3 is 2.12 bits per heavy atom. The SMILES string of the molecule is CSOc1ccc(Oc2ccc(OC(F)(F)F)cc2)c(CN(C)C)c1. The molecule has 8 heteroatoms. The highest BCUT2D eigenvalue weighted by Gasteiger charge is 2.31. The van der Waals surface area contributed by atoms with Crippen molar-refractivity contribution in [2.45, 2.75) is 12.9 Å². The molecule has 0 unspecified atom stereocenters. The van der Waals surface area contributed by atoms with Gasteiger partial charge in [0, 0.05) is 18.4 Å². The lowest BCUT2D eigenvalue weighted by Crippen LogP contribution is -2.16. The number of nitrogens with zero attached hydrogens (tertiary/aromatic N) is 1. The maximum atomic E-state index is 12.2. The molecule has 4 nitrogen and oxygen atoms in total. The van der Waals surface area contributed by atoms with Crippen molar-refractivity contribution in [3.8, 4) is 23.0 Å². The van der Waals surface area contributed by atoms with Gasteiger partial charge in [-0.3, -0.25) is 0 Å². The number of hydrogen-bond acceptors (Lipinski definition) is 5. The number of rotatable bonds is 7. The largest absolute Gasteiger partial charge is 0.573 e. The van der Waals surface area contributed by atoms with Crippen LogP contribution in [0.1, 0.15) is 5.56 Å². The first kappa shape index (κ1) is 19.3. The molecule has 0 spiro atoms. The van der Waals surface area contributed by atoms with E-state index in [4.69, 9.17) is 8.92 Å². The summed E-state index contributed by atoms with van der Waals surface area (Å²) in [5.41, 5.74) is 0.896. The molecule has 0 amide bonds. The molecule has 0 aromatic heterocycles. The third-order valence-electron chi connectivity index (χ3n) is 2.98. The Morgan fingerprint density at radius 1 is 0.960 bits per heavy atom. The molecule has 0 aliphatic rings. The van der Waals surface area contributed by atoms with Crippen molar-refractivity contribution >= 4 is 12.0 Å². The lowest BCUT2D eigenvalue weighted by Gasteiger charge is -2.16. The van der Waals surface area contributed by atoms with Crippen LogP contribution in [0.15, 0.2) is 42.5 Å². The molecule has 2 rings (SSSR count). The summed E-state index contributed by atoms with van der Waals surface area (Å²) in [4.78, 5) is 1.98. The Kier molecular flexibility index (Phi) is 6.44. The third-order valence-corrected chi connectivity index (χ3v) is 3.34. The summed E-state index contributed by atoms with van der Waals surface area (Å²) in [6.45, 7) is 0.621. The predicted octanol–water partition coefficient (Wildman–Crippen LogP) is 5.10. The van der Waals surface area contributed by atoms with E-state index in [1.165, 1.54) is 36.3 Å². The van der Waals surface area contributed by atoms with Crippen LogP contribution in [0.3, 0.4) is 0 Å². The normalized spacial score (nSPS) is 11.5. The van der Waals surface area contributed by atoms with E-state index in [-0.39, 0.29) is 5.75 Å². The smallest absolute Gasteiger partial charge is 0.457 e. The van der Waals surface area contributed by atoms with Crippen molar-refractivity contribution in [1.29, 1.82) is 0 Å². The van der Waals surface area contributed by atoms with Crippen molar-refractivity contribution in [2.24, 2.45) is 0 Å². The number of halogens is 3. The van der Waals surface area contributed by atoms with E-state index in [0.717, 1.165) is 5.56 Å². The van der Waals surface area contributed by atoms with E-state index in [1.807, 2.05) is 31.3 Å². The van der Waals surface area contributed by atoms with Gasteiger partial charge in [-0.25, -0.2) is 0 Å². The summed E-state index contributed by atoms with van der Waals surface area (Å²) in [5.74, 6) is 1.42. The molecular formula is C17H18F3NO3S. The minimum atomic E-state index is -4.71. The molecule has 0 heterocycles. The predicted molar refractivity (Wildman–Crippen MR) is 91.2 cm³/mol. The van der Waals surface area contributed by atoms with Gasteiger partial charge in [-0.1, -0.05) is 0 Å². The van der Waals surface area contributed by atoms with Crippen LogP contribution in [0.2, 0.25) is 0 Å². The molecule has 0 N–H and O–H groups in total. The van der Waals surface area contributed by atoms with Crippen molar-refractivity contribution in [1.82, 2.24) is 4.90 Å². The molecule has 0 atom stereocenters. The Balaban J connectivity index is 2.18. The van der Waals surface area contributed by atoms with Crippen molar-refractivity contribution < 1.29 is 26.8 Å². The lowest BCUT2D eigenvalue weighted by atomic mass is 10.2. The zero-order valence-electron chi connectivity index (χ0n) is 14.0. The molecule has 0 saturated carbocycles. The maximum absolute atomic E-state index is 12.2. The summed E-state index contributed by atoms with van der Waals surface area (Å²) in [6, 6.07) is 10.7. The molecule has 2 aromatic carbocycles. The van der Waals surface area contributed by atoms with E-state index in [2.05, 4.69) is 4.74 Å². The van der Waals surface area contributed by atoms with Gasteiger partial charge < -0.3 is 18.6 Å². The van der Waals surface area contributed by atoms with Crippen LogP contribution in [0.5, 0.6) is 23.0 Å². The van der Waals surface area contributed by atoms with Crippen LogP contribution in [-0.2, 0) is 6.54 Å². The molecule has 0 radical (unpaired) electrons. The van der Waals surface area contributed by atoms with Crippen molar-refractivity contribution in [2.75, 3.05) is 20.4 Å². The Morgan fingerprint density at radius 2 is 1.56 bits per heavy atom. The Hall–Kier alpha value is -2.06. The first-order valence-electron chi connectivity index (χ1n) is 7.29. The lowest BCUT2D eigenvalue weighted by molar-refractivity contribution is -0.274. The summed E-state index contributed by atoms with van der Waals surface area (Å²) >= 11 is 1.24. The van der Waals surface area contributed by atoms with E-state index >= 15 is 0 Å². The molecule has 0 aliphatic carbocycles. The minimum absolute atomic E-state index is 0.294. The van der Waals surface area contributed by atoms with E-state index in [0.29, 0.717) is 23.8 Å². The molecule has 0 aliphatic heterocycles. The van der Waals surface area contributed by atoms with Gasteiger partial charge in [0.05, 0.1) is 12.0 Å². The van der Waals surface area contributed by atoms with Crippen molar-refractivity contribution in [3.63, 3.8) is 0 Å².